The summed E-state index contributed by atoms with van der Waals surface area (Å²) in [6.45, 7) is 0. The number of anilines is 1. The summed E-state index contributed by atoms with van der Waals surface area (Å²) in [7, 11) is 7.91. The largest absolute Gasteiger partial charge is 0.545 e. The van der Waals surface area contributed by atoms with Gasteiger partial charge in [-0.2, -0.15) is 0 Å². The lowest BCUT2D eigenvalue weighted by Gasteiger charge is -2.18. The smallest absolute Gasteiger partial charge is 0.199 e. The van der Waals surface area contributed by atoms with Crippen LogP contribution in [0.2, 0.25) is 0 Å². The van der Waals surface area contributed by atoms with E-state index >= 15 is 0 Å². The maximum atomic E-state index is 11.7. The van der Waals surface area contributed by atoms with Gasteiger partial charge in [-0.05, 0) is 47.6 Å². The van der Waals surface area contributed by atoms with Gasteiger partial charge in [0.2, 0.25) is 0 Å². The van der Waals surface area contributed by atoms with Gasteiger partial charge in [-0.25, -0.2) is 4.58 Å². The van der Waals surface area contributed by atoms with E-state index in [1.807, 2.05) is 86.2 Å². The Bertz CT molecular complexity index is 1000. The molecule has 142 valence electrons. The summed E-state index contributed by atoms with van der Waals surface area (Å²) in [4.78, 5) is 18.1. The van der Waals surface area contributed by atoms with Crippen LogP contribution in [0.5, 0.6) is 0 Å². The van der Waals surface area contributed by atoms with Gasteiger partial charge in [0.1, 0.15) is 14.1 Å². The number of benzene rings is 1. The number of aromatic nitrogens is 1. The Balaban J connectivity index is 2.23. The summed E-state index contributed by atoms with van der Waals surface area (Å²) in [5.41, 5.74) is 5.15. The maximum Gasteiger partial charge on any atom is 0.199 e. The second kappa shape index (κ2) is 8.05. The van der Waals surface area contributed by atoms with Gasteiger partial charge in [0.05, 0.1) is 11.7 Å². The van der Waals surface area contributed by atoms with Gasteiger partial charge in [0, 0.05) is 49.3 Å². The van der Waals surface area contributed by atoms with Crippen molar-refractivity contribution in [2.24, 2.45) is 0 Å². The van der Waals surface area contributed by atoms with Crippen LogP contribution in [0.15, 0.2) is 72.5 Å². The van der Waals surface area contributed by atoms with Gasteiger partial charge < -0.3 is 14.8 Å². The third-order valence-corrected chi connectivity index (χ3v) is 4.61. The number of carbonyl (C=O) groups excluding carboxylic acids is 1. The summed E-state index contributed by atoms with van der Waals surface area (Å²) in [6, 6.07) is 11.1. The van der Waals surface area contributed by atoms with Gasteiger partial charge >= 0.3 is 0 Å². The average molecular weight is 373 g/mol. The molecule has 0 amide bonds. The van der Waals surface area contributed by atoms with Gasteiger partial charge in [0.15, 0.2) is 5.71 Å². The average Bonchev–Trinajstić information content (AvgIpc) is 2.69. The van der Waals surface area contributed by atoms with Gasteiger partial charge in [-0.15, -0.1) is 0 Å². The molecule has 0 unspecified atom stereocenters. The summed E-state index contributed by atoms with van der Waals surface area (Å²) in [6.07, 6.45) is 9.58. The monoisotopic (exact) mass is 373 g/mol. The number of hydrogen-bond donors (Lipinski definition) is 0. The lowest BCUT2D eigenvalue weighted by Crippen LogP contribution is -2.24. The lowest BCUT2D eigenvalue weighted by atomic mass is 9.91. The Morgan fingerprint density at radius 3 is 2.18 bits per heavy atom. The predicted octanol–water partition coefficient (Wildman–Crippen LogP) is 2.15. The topological polar surface area (TPSA) is 59.3 Å². The van der Waals surface area contributed by atoms with Gasteiger partial charge in [0.25, 0.3) is 0 Å². The number of pyridine rings is 1. The van der Waals surface area contributed by atoms with Crippen molar-refractivity contribution in [3.63, 3.8) is 0 Å². The number of hydrogen-bond acceptors (Lipinski definition) is 4. The van der Waals surface area contributed by atoms with E-state index in [9.17, 15) is 9.90 Å². The van der Waals surface area contributed by atoms with E-state index in [0.717, 1.165) is 28.1 Å². The first-order valence-electron chi connectivity index (χ1n) is 8.97. The van der Waals surface area contributed by atoms with E-state index < -0.39 is 5.97 Å². The number of rotatable bonds is 4. The molecule has 0 aliphatic heterocycles. The Morgan fingerprint density at radius 1 is 1.00 bits per heavy atom. The molecule has 2 aromatic rings. The molecule has 0 N–H and O–H groups in total. The van der Waals surface area contributed by atoms with Crippen molar-refractivity contribution in [3.8, 4) is 0 Å². The van der Waals surface area contributed by atoms with Crippen LogP contribution < -0.4 is 10.0 Å². The highest BCUT2D eigenvalue weighted by atomic mass is 16.4. The molecule has 0 atom stereocenters. The molecule has 5 heteroatoms. The molecule has 0 fully saturated rings. The number of carbonyl (C=O) groups is 1. The highest BCUT2D eigenvalue weighted by molar-refractivity contribution is 6.04. The Kier molecular flexibility index (Phi) is 5.54. The van der Waals surface area contributed by atoms with Gasteiger partial charge in [-0.1, -0.05) is 12.1 Å². The van der Waals surface area contributed by atoms with E-state index in [1.165, 1.54) is 6.07 Å². The zero-order valence-corrected chi connectivity index (χ0v) is 16.5. The molecule has 3 rings (SSSR count). The number of carboxylic acids is 1. The normalized spacial score (nSPS) is 12.9. The molecule has 0 spiro atoms. The van der Waals surface area contributed by atoms with Crippen LogP contribution in [0.1, 0.15) is 21.6 Å². The van der Waals surface area contributed by atoms with Crippen LogP contribution >= 0.6 is 0 Å². The minimum absolute atomic E-state index is 0.0749. The molecule has 1 aliphatic rings. The molecule has 1 aromatic heterocycles. The third kappa shape index (κ3) is 3.93. The number of aromatic carboxylic acids is 1. The number of carboxylic acid groups (broad SMARTS) is 1. The number of nitrogens with zero attached hydrogens (tertiary/aromatic N) is 3. The van der Waals surface area contributed by atoms with Crippen LogP contribution in [-0.2, 0) is 0 Å². The summed E-state index contributed by atoms with van der Waals surface area (Å²) >= 11 is 0. The van der Waals surface area contributed by atoms with Crippen LogP contribution in [0.3, 0.4) is 0 Å². The molecule has 1 aliphatic carbocycles. The van der Waals surface area contributed by atoms with Crippen molar-refractivity contribution in [1.29, 1.82) is 0 Å². The van der Waals surface area contributed by atoms with Crippen molar-refractivity contribution in [2.45, 2.75) is 0 Å². The minimum atomic E-state index is -1.24. The minimum Gasteiger partial charge on any atom is -0.545 e. The zero-order valence-electron chi connectivity index (χ0n) is 16.5. The number of allylic oxidation sites excluding steroid dienone is 5. The molecule has 0 radical (unpaired) electrons. The van der Waals surface area contributed by atoms with Gasteiger partial charge in [-0.3, -0.25) is 4.98 Å². The Labute approximate surface area is 165 Å². The van der Waals surface area contributed by atoms with E-state index in [4.69, 9.17) is 0 Å². The quantitative estimate of drug-likeness (QED) is 0.771. The van der Waals surface area contributed by atoms with Crippen LogP contribution in [-0.4, -0.2) is 49.4 Å². The molecule has 1 heterocycles. The molecular weight excluding hydrogens is 350 g/mol. The van der Waals surface area contributed by atoms with Crippen molar-refractivity contribution < 1.29 is 14.5 Å². The molecule has 0 bridgehead atoms. The first kappa shape index (κ1) is 19.3. The van der Waals surface area contributed by atoms with E-state index in [-0.39, 0.29) is 5.56 Å². The van der Waals surface area contributed by atoms with Crippen LogP contribution in [0.4, 0.5) is 5.69 Å². The maximum absolute atomic E-state index is 11.7. The van der Waals surface area contributed by atoms with E-state index in [1.54, 1.807) is 12.3 Å². The van der Waals surface area contributed by atoms with Crippen molar-refractivity contribution in [3.05, 3.63) is 89.3 Å². The Hall–Kier alpha value is -3.47. The van der Waals surface area contributed by atoms with Crippen molar-refractivity contribution >= 4 is 22.9 Å². The first-order chi connectivity index (χ1) is 13.4. The SMILES string of the molecule is CN(C)c1ccc(C(=C2C=CC(=[N+](C)C)C=C2)c2ncccc2C(=O)[O-])cc1. The molecule has 0 saturated heterocycles. The fourth-order valence-corrected chi connectivity index (χ4v) is 3.06. The van der Waals surface area contributed by atoms with E-state index in [2.05, 4.69) is 4.98 Å². The molecule has 5 nitrogen and oxygen atoms in total. The van der Waals surface area contributed by atoms with Crippen LogP contribution in [0.25, 0.3) is 5.57 Å². The lowest BCUT2D eigenvalue weighted by molar-refractivity contribution is -0.462. The molecule has 1 aromatic carbocycles. The first-order valence-corrected chi connectivity index (χ1v) is 8.97. The van der Waals surface area contributed by atoms with Crippen LogP contribution in [0, 0.1) is 0 Å². The summed E-state index contributed by atoms with van der Waals surface area (Å²) in [5.74, 6) is -1.24. The molecule has 0 saturated carbocycles. The fraction of sp³-hybridized carbons (Fsp3) is 0.174. The Morgan fingerprint density at radius 2 is 1.64 bits per heavy atom. The second-order valence-corrected chi connectivity index (χ2v) is 6.94. The summed E-state index contributed by atoms with van der Waals surface area (Å²) < 4.78 is 2.02. The summed E-state index contributed by atoms with van der Waals surface area (Å²) in [5, 5.41) is 11.7. The van der Waals surface area contributed by atoms with Crippen molar-refractivity contribution in [1.82, 2.24) is 4.98 Å². The zero-order chi connectivity index (χ0) is 20.3. The molecular formula is C23H23N3O2. The van der Waals surface area contributed by atoms with E-state index in [0.29, 0.717) is 5.69 Å². The standard InChI is InChI=1S/C23H23N3O2/c1-25(2)18-11-7-16(8-12-18)21(17-9-13-19(14-10-17)26(3)4)22-20(23(27)28)6-5-15-24-22/h5-15H,1-4H3. The molecule has 28 heavy (non-hydrogen) atoms. The van der Waals surface area contributed by atoms with Crippen molar-refractivity contribution in [2.75, 3.05) is 33.1 Å². The second-order valence-electron chi connectivity index (χ2n) is 6.94. The third-order valence-electron chi connectivity index (χ3n) is 4.61. The highest BCUT2D eigenvalue weighted by Gasteiger charge is 2.17. The predicted molar refractivity (Wildman–Crippen MR) is 111 cm³/mol. The highest BCUT2D eigenvalue weighted by Crippen LogP contribution is 2.31. The fourth-order valence-electron chi connectivity index (χ4n) is 3.06.